The lowest BCUT2D eigenvalue weighted by Gasteiger charge is -2.42. The Hall–Kier alpha value is -2.17. The van der Waals surface area contributed by atoms with Gasteiger partial charge in [0.15, 0.2) is 0 Å². The maximum atomic E-state index is 11.4. The van der Waals surface area contributed by atoms with Crippen LogP contribution in [-0.2, 0) is 14.0 Å². The van der Waals surface area contributed by atoms with E-state index in [9.17, 15) is 4.79 Å². The van der Waals surface area contributed by atoms with Crippen LogP contribution < -0.4 is 10.4 Å². The van der Waals surface area contributed by atoms with Gasteiger partial charge in [0.05, 0.1) is 20.1 Å². The van der Waals surface area contributed by atoms with E-state index in [4.69, 9.17) is 9.16 Å². The van der Waals surface area contributed by atoms with Gasteiger partial charge in [-0.1, -0.05) is 101 Å². The highest BCUT2D eigenvalue weighted by atomic mass is 28.4. The van der Waals surface area contributed by atoms with Crippen molar-refractivity contribution in [2.45, 2.75) is 39.2 Å². The fourth-order valence-corrected chi connectivity index (χ4v) is 8.14. The van der Waals surface area contributed by atoms with E-state index in [0.29, 0.717) is 13.0 Å². The second-order valence-corrected chi connectivity index (χ2v) is 12.5. The molecule has 0 aliphatic heterocycles. The molecule has 1 atom stereocenters. The van der Waals surface area contributed by atoms with Gasteiger partial charge >= 0.3 is 5.97 Å². The SMILES string of the molecule is COC(=O)C[C@@H](C)/C=C/CO[Si](c1ccccc1)(c1ccccc1)C(C)(C)C. The number of esters is 1. The lowest BCUT2D eigenvalue weighted by atomic mass is 10.1. The average molecular weight is 397 g/mol. The Balaban J connectivity index is 2.33. The van der Waals surface area contributed by atoms with Gasteiger partial charge in [-0.05, 0) is 21.3 Å². The molecule has 0 amide bonds. The molecule has 28 heavy (non-hydrogen) atoms. The Bertz CT molecular complexity index is 724. The van der Waals surface area contributed by atoms with Gasteiger partial charge < -0.3 is 9.16 Å². The van der Waals surface area contributed by atoms with Crippen molar-refractivity contribution in [1.29, 1.82) is 0 Å². The second-order valence-electron chi connectivity index (χ2n) is 8.16. The van der Waals surface area contributed by atoms with E-state index in [1.807, 2.05) is 31.2 Å². The molecule has 0 fully saturated rings. The van der Waals surface area contributed by atoms with Crippen LogP contribution in [0.15, 0.2) is 72.8 Å². The molecule has 0 radical (unpaired) electrons. The molecule has 2 aromatic carbocycles. The maximum absolute atomic E-state index is 11.4. The third-order valence-corrected chi connectivity index (χ3v) is 10.00. The van der Waals surface area contributed by atoms with Crippen LogP contribution in [0.5, 0.6) is 0 Å². The molecular formula is C24H32O3Si. The van der Waals surface area contributed by atoms with Crippen LogP contribution in [-0.4, -0.2) is 28.0 Å². The molecule has 0 unspecified atom stereocenters. The molecular weight excluding hydrogens is 364 g/mol. The van der Waals surface area contributed by atoms with Crippen LogP contribution in [0.25, 0.3) is 0 Å². The highest BCUT2D eigenvalue weighted by molar-refractivity contribution is 6.99. The normalized spacial score (nSPS) is 13.5. The molecule has 150 valence electrons. The smallest absolute Gasteiger partial charge is 0.306 e. The lowest BCUT2D eigenvalue weighted by molar-refractivity contribution is -0.141. The standard InChI is InChI=1S/C24H32O3Si/c1-20(19-23(25)26-5)13-12-18-27-28(24(2,3)4,21-14-8-6-9-15-21)22-16-10-7-11-17-22/h6-17,20H,18-19H2,1-5H3/b13-12+/t20-/m0/s1. The minimum absolute atomic E-state index is 0.0405. The minimum atomic E-state index is -2.50. The third kappa shape index (κ3) is 5.21. The van der Waals surface area contributed by atoms with Gasteiger partial charge in [-0.15, -0.1) is 0 Å². The molecule has 2 aromatic rings. The summed E-state index contributed by atoms with van der Waals surface area (Å²) in [6, 6.07) is 21.2. The van der Waals surface area contributed by atoms with Gasteiger partial charge in [-0.3, -0.25) is 4.79 Å². The van der Waals surface area contributed by atoms with Crippen molar-refractivity contribution in [3.63, 3.8) is 0 Å². The second kappa shape index (κ2) is 9.85. The van der Waals surface area contributed by atoms with Crippen LogP contribution in [0.4, 0.5) is 0 Å². The van der Waals surface area contributed by atoms with Crippen molar-refractivity contribution in [2.24, 2.45) is 5.92 Å². The van der Waals surface area contributed by atoms with E-state index >= 15 is 0 Å². The molecule has 0 heterocycles. The van der Waals surface area contributed by atoms with E-state index < -0.39 is 8.32 Å². The Morgan fingerprint density at radius 3 is 1.93 bits per heavy atom. The van der Waals surface area contributed by atoms with Gasteiger partial charge in [0.1, 0.15) is 0 Å². The molecule has 0 spiro atoms. The Labute approximate surface area is 170 Å². The molecule has 0 bridgehead atoms. The Kier molecular flexibility index (Phi) is 7.78. The Morgan fingerprint density at radius 2 is 1.50 bits per heavy atom. The summed E-state index contributed by atoms with van der Waals surface area (Å²) >= 11 is 0. The zero-order chi connectivity index (χ0) is 20.6. The number of rotatable bonds is 8. The summed E-state index contributed by atoms with van der Waals surface area (Å²) in [6.45, 7) is 9.32. The molecule has 0 aromatic heterocycles. The molecule has 3 nitrogen and oxygen atoms in total. The van der Waals surface area contributed by atoms with Crippen molar-refractivity contribution < 1.29 is 14.0 Å². The summed E-state index contributed by atoms with van der Waals surface area (Å²) < 4.78 is 11.5. The van der Waals surface area contributed by atoms with Crippen LogP contribution in [0.3, 0.4) is 0 Å². The van der Waals surface area contributed by atoms with Crippen LogP contribution >= 0.6 is 0 Å². The summed E-state index contributed by atoms with van der Waals surface area (Å²) in [4.78, 5) is 11.4. The number of hydrogen-bond acceptors (Lipinski definition) is 3. The first kappa shape index (κ1) is 22.1. The predicted octanol–water partition coefficient (Wildman–Crippen LogP) is 4.32. The van der Waals surface area contributed by atoms with E-state index in [-0.39, 0.29) is 16.9 Å². The van der Waals surface area contributed by atoms with Crippen molar-refractivity contribution in [1.82, 2.24) is 0 Å². The monoisotopic (exact) mass is 396 g/mol. The Morgan fingerprint density at radius 1 is 1.00 bits per heavy atom. The van der Waals surface area contributed by atoms with E-state index in [0.717, 1.165) is 0 Å². The number of allylic oxidation sites excluding steroid dienone is 1. The molecule has 2 rings (SSSR count). The fourth-order valence-electron chi connectivity index (χ4n) is 3.64. The van der Waals surface area contributed by atoms with E-state index in [2.05, 4.69) is 69.3 Å². The van der Waals surface area contributed by atoms with Crippen molar-refractivity contribution in [3.8, 4) is 0 Å². The highest BCUT2D eigenvalue weighted by Crippen LogP contribution is 2.36. The van der Waals surface area contributed by atoms with Crippen molar-refractivity contribution >= 4 is 24.7 Å². The number of hydrogen-bond donors (Lipinski definition) is 0. The number of ether oxygens (including phenoxy) is 1. The third-order valence-electron chi connectivity index (χ3n) is 4.99. The van der Waals surface area contributed by atoms with Crippen LogP contribution in [0.2, 0.25) is 5.04 Å². The van der Waals surface area contributed by atoms with Crippen LogP contribution in [0.1, 0.15) is 34.1 Å². The summed E-state index contributed by atoms with van der Waals surface area (Å²) in [7, 11) is -1.08. The molecule has 0 saturated carbocycles. The van der Waals surface area contributed by atoms with Crippen molar-refractivity contribution in [2.75, 3.05) is 13.7 Å². The summed E-state index contributed by atoms with van der Waals surface area (Å²) in [5, 5.41) is 2.50. The van der Waals surface area contributed by atoms with E-state index in [1.165, 1.54) is 17.5 Å². The first-order valence-corrected chi connectivity index (χ1v) is 11.7. The minimum Gasteiger partial charge on any atom is -0.469 e. The number of benzene rings is 2. The topological polar surface area (TPSA) is 35.5 Å². The predicted molar refractivity (Wildman–Crippen MR) is 119 cm³/mol. The highest BCUT2D eigenvalue weighted by Gasteiger charge is 2.49. The molecule has 0 aliphatic carbocycles. The molecule has 0 N–H and O–H groups in total. The average Bonchev–Trinajstić information content (AvgIpc) is 2.68. The largest absolute Gasteiger partial charge is 0.469 e. The first-order valence-electron chi connectivity index (χ1n) is 9.79. The number of carbonyl (C=O) groups is 1. The zero-order valence-corrected chi connectivity index (χ0v) is 18.6. The summed E-state index contributed by atoms with van der Waals surface area (Å²) in [5.41, 5.74) is 0. The van der Waals surface area contributed by atoms with Gasteiger partial charge in [0.25, 0.3) is 8.32 Å². The molecule has 0 saturated heterocycles. The van der Waals surface area contributed by atoms with Gasteiger partial charge in [-0.2, -0.15) is 0 Å². The van der Waals surface area contributed by atoms with E-state index in [1.54, 1.807) is 0 Å². The van der Waals surface area contributed by atoms with Gasteiger partial charge in [0, 0.05) is 0 Å². The van der Waals surface area contributed by atoms with Crippen LogP contribution in [0, 0.1) is 5.92 Å². The lowest BCUT2D eigenvalue weighted by Crippen LogP contribution is -2.66. The fraction of sp³-hybridized carbons (Fsp3) is 0.375. The summed E-state index contributed by atoms with van der Waals surface area (Å²) in [5.74, 6) is -0.0692. The van der Waals surface area contributed by atoms with Gasteiger partial charge in [-0.25, -0.2) is 0 Å². The van der Waals surface area contributed by atoms with Crippen molar-refractivity contribution in [3.05, 3.63) is 72.8 Å². The summed E-state index contributed by atoms with van der Waals surface area (Å²) in [6.07, 6.45) is 4.45. The molecule has 4 heteroatoms. The first-order chi connectivity index (χ1) is 13.3. The maximum Gasteiger partial charge on any atom is 0.306 e. The number of methoxy groups -OCH3 is 1. The quantitative estimate of drug-likeness (QED) is 0.379. The van der Waals surface area contributed by atoms with Gasteiger partial charge in [0.2, 0.25) is 0 Å². The number of carbonyl (C=O) groups excluding carboxylic acids is 1. The zero-order valence-electron chi connectivity index (χ0n) is 17.6. The molecule has 0 aliphatic rings.